The average molecular weight is 392 g/mol. The number of nitrogens with one attached hydrogen (secondary N) is 1. The first kappa shape index (κ1) is 17.5. The molecule has 1 aliphatic heterocycles. The highest BCUT2D eigenvalue weighted by atomic mass is 32.2. The van der Waals surface area contributed by atoms with Crippen LogP contribution in [-0.4, -0.2) is 38.0 Å². The Morgan fingerprint density at radius 3 is 2.82 bits per heavy atom. The van der Waals surface area contributed by atoms with Crippen molar-refractivity contribution in [3.8, 4) is 0 Å². The van der Waals surface area contributed by atoms with E-state index in [-0.39, 0.29) is 10.8 Å². The van der Waals surface area contributed by atoms with Crippen LogP contribution in [0.3, 0.4) is 0 Å². The number of aryl methyl sites for hydroxylation is 1. The smallest absolute Gasteiger partial charge is 0.263 e. The summed E-state index contributed by atoms with van der Waals surface area (Å²) in [4.78, 5) is 13.3. The van der Waals surface area contributed by atoms with Crippen molar-refractivity contribution in [2.75, 3.05) is 18.8 Å². The number of thioether (sulfide) groups is 1. The Morgan fingerprint density at radius 2 is 2.04 bits per heavy atom. The molecule has 1 fully saturated rings. The van der Waals surface area contributed by atoms with Crippen LogP contribution < -0.4 is 10.9 Å². The maximum absolute atomic E-state index is 13.3. The first-order valence-corrected chi connectivity index (χ1v) is 10.5. The lowest BCUT2D eigenvalue weighted by Gasteiger charge is -2.21. The molecule has 1 aliphatic rings. The Labute approximate surface area is 166 Å². The van der Waals surface area contributed by atoms with Gasteiger partial charge in [-0.05, 0) is 24.6 Å². The van der Waals surface area contributed by atoms with Gasteiger partial charge in [-0.3, -0.25) is 13.8 Å². The van der Waals surface area contributed by atoms with Crippen LogP contribution in [0.25, 0.3) is 16.7 Å². The lowest BCUT2D eigenvalue weighted by Crippen LogP contribution is -2.29. The fourth-order valence-corrected chi connectivity index (χ4v) is 4.88. The van der Waals surface area contributed by atoms with E-state index in [1.54, 1.807) is 4.57 Å². The summed E-state index contributed by atoms with van der Waals surface area (Å²) in [5.74, 6) is 2.55. The summed E-state index contributed by atoms with van der Waals surface area (Å²) < 4.78 is 3.82. The molecular weight excluding hydrogens is 370 g/mol. The minimum absolute atomic E-state index is 0.0246. The number of fused-ring (bicyclic) bond motifs is 3. The zero-order valence-electron chi connectivity index (χ0n) is 15.6. The third-order valence-corrected chi connectivity index (χ3v) is 6.40. The van der Waals surface area contributed by atoms with Crippen molar-refractivity contribution < 1.29 is 0 Å². The van der Waals surface area contributed by atoms with E-state index in [0.29, 0.717) is 17.7 Å². The second kappa shape index (κ2) is 7.07. The van der Waals surface area contributed by atoms with Gasteiger partial charge < -0.3 is 5.32 Å². The lowest BCUT2D eigenvalue weighted by molar-refractivity contribution is 0.664. The summed E-state index contributed by atoms with van der Waals surface area (Å²) in [6.45, 7) is 4.35. The molecule has 5 rings (SSSR count). The van der Waals surface area contributed by atoms with Crippen LogP contribution in [0.1, 0.15) is 22.2 Å². The molecule has 0 saturated carbocycles. The summed E-state index contributed by atoms with van der Waals surface area (Å²) in [5.41, 5.74) is 2.99. The predicted molar refractivity (Wildman–Crippen MR) is 113 cm³/mol. The van der Waals surface area contributed by atoms with Gasteiger partial charge in [0.05, 0.1) is 22.7 Å². The fourth-order valence-electron chi connectivity index (χ4n) is 3.79. The zero-order chi connectivity index (χ0) is 19.1. The largest absolute Gasteiger partial charge is 0.314 e. The zero-order valence-corrected chi connectivity index (χ0v) is 16.4. The number of aromatic nitrogens is 4. The van der Waals surface area contributed by atoms with Crippen LogP contribution >= 0.6 is 11.8 Å². The molecule has 0 aliphatic carbocycles. The molecule has 1 saturated heterocycles. The van der Waals surface area contributed by atoms with Crippen LogP contribution in [0.15, 0.2) is 53.3 Å². The van der Waals surface area contributed by atoms with Crippen molar-refractivity contribution in [1.82, 2.24) is 24.5 Å². The monoisotopic (exact) mass is 391 g/mol. The minimum atomic E-state index is -0.0246. The second-order valence-electron chi connectivity index (χ2n) is 7.15. The van der Waals surface area contributed by atoms with Gasteiger partial charge in [-0.1, -0.05) is 42.0 Å². The highest BCUT2D eigenvalue weighted by Crippen LogP contribution is 2.30. The number of rotatable bonds is 3. The number of nitrogens with zero attached hydrogens (tertiary/aromatic N) is 4. The molecule has 0 amide bonds. The first-order valence-electron chi connectivity index (χ1n) is 9.47. The van der Waals surface area contributed by atoms with Crippen molar-refractivity contribution in [3.05, 3.63) is 75.8 Å². The molecule has 1 N–H and O–H groups in total. The summed E-state index contributed by atoms with van der Waals surface area (Å²) in [6, 6.07) is 16.0. The van der Waals surface area contributed by atoms with Crippen molar-refractivity contribution in [2.45, 2.75) is 18.7 Å². The SMILES string of the molecule is Cc1ccc2c(c1)c(=O)n(Cc1ccccc1)c1nnc(C3CNCCS3)n21. The van der Waals surface area contributed by atoms with Crippen molar-refractivity contribution in [1.29, 1.82) is 0 Å². The number of hydrogen-bond donors (Lipinski definition) is 1. The molecule has 7 heteroatoms. The molecule has 28 heavy (non-hydrogen) atoms. The van der Waals surface area contributed by atoms with Crippen molar-refractivity contribution in [3.63, 3.8) is 0 Å². The molecular formula is C21H21N5OS. The van der Waals surface area contributed by atoms with E-state index in [0.717, 1.165) is 41.3 Å². The van der Waals surface area contributed by atoms with Crippen LogP contribution in [0.5, 0.6) is 0 Å². The third-order valence-electron chi connectivity index (χ3n) is 5.18. The molecule has 2 aromatic heterocycles. The first-order chi connectivity index (χ1) is 13.7. The molecule has 1 unspecified atom stereocenters. The Kier molecular flexibility index (Phi) is 4.41. The minimum Gasteiger partial charge on any atom is -0.314 e. The van der Waals surface area contributed by atoms with Crippen molar-refractivity contribution in [2.24, 2.45) is 0 Å². The van der Waals surface area contributed by atoms with Gasteiger partial charge in [0.2, 0.25) is 5.78 Å². The second-order valence-corrected chi connectivity index (χ2v) is 8.47. The quantitative estimate of drug-likeness (QED) is 0.582. The van der Waals surface area contributed by atoms with E-state index in [9.17, 15) is 4.79 Å². The van der Waals surface area contributed by atoms with Crippen molar-refractivity contribution >= 4 is 28.4 Å². The van der Waals surface area contributed by atoms with Gasteiger partial charge in [0.15, 0.2) is 5.82 Å². The molecule has 0 bridgehead atoms. The Hall–Kier alpha value is -2.64. The number of hydrogen-bond acceptors (Lipinski definition) is 5. The number of benzene rings is 2. The van der Waals surface area contributed by atoms with Crippen LogP contribution in [0.4, 0.5) is 0 Å². The summed E-state index contributed by atoms with van der Waals surface area (Å²) >= 11 is 1.89. The summed E-state index contributed by atoms with van der Waals surface area (Å²) in [6.07, 6.45) is 0. The van der Waals surface area contributed by atoms with E-state index >= 15 is 0 Å². The normalized spacial score (nSPS) is 17.4. The molecule has 6 nitrogen and oxygen atoms in total. The fraction of sp³-hybridized carbons (Fsp3) is 0.286. The van der Waals surface area contributed by atoms with Gasteiger partial charge in [0.1, 0.15) is 0 Å². The highest BCUT2D eigenvalue weighted by molar-refractivity contribution is 7.99. The topological polar surface area (TPSA) is 64.2 Å². The summed E-state index contributed by atoms with van der Waals surface area (Å²) in [7, 11) is 0. The maximum atomic E-state index is 13.3. The molecule has 4 aromatic rings. The van der Waals surface area contributed by atoms with E-state index in [1.807, 2.05) is 67.2 Å². The average Bonchev–Trinajstić information content (AvgIpc) is 3.17. The van der Waals surface area contributed by atoms with E-state index in [4.69, 9.17) is 0 Å². The van der Waals surface area contributed by atoms with Gasteiger partial charge in [-0.25, -0.2) is 0 Å². The standard InChI is InChI=1S/C21H21N5OS/c1-14-7-8-17-16(11-14)20(27)25(13-15-5-3-2-4-6-15)21-24-23-19(26(17)21)18-12-22-9-10-28-18/h2-8,11,18,22H,9-10,12-13H2,1H3. The van der Waals surface area contributed by atoms with Gasteiger partial charge in [-0.2, -0.15) is 0 Å². The Balaban J connectivity index is 1.79. The predicted octanol–water partition coefficient (Wildman–Crippen LogP) is 2.78. The van der Waals surface area contributed by atoms with Crippen LogP contribution in [0.2, 0.25) is 0 Å². The van der Waals surface area contributed by atoms with Crippen LogP contribution in [0, 0.1) is 6.92 Å². The maximum Gasteiger partial charge on any atom is 0.263 e. The molecule has 1 atom stereocenters. The van der Waals surface area contributed by atoms with Gasteiger partial charge in [0, 0.05) is 18.8 Å². The molecule has 142 valence electrons. The summed E-state index contributed by atoms with van der Waals surface area (Å²) in [5, 5.41) is 13.4. The van der Waals surface area contributed by atoms with E-state index in [1.165, 1.54) is 0 Å². The third kappa shape index (κ3) is 2.91. The Morgan fingerprint density at radius 1 is 1.18 bits per heavy atom. The van der Waals surface area contributed by atoms with Gasteiger partial charge in [0.25, 0.3) is 5.56 Å². The molecule has 3 heterocycles. The Bertz CT molecular complexity index is 1210. The van der Waals surface area contributed by atoms with E-state index in [2.05, 4.69) is 19.9 Å². The van der Waals surface area contributed by atoms with Crippen LogP contribution in [-0.2, 0) is 6.54 Å². The lowest BCUT2D eigenvalue weighted by atomic mass is 10.1. The molecule has 2 aromatic carbocycles. The van der Waals surface area contributed by atoms with Gasteiger partial charge >= 0.3 is 0 Å². The molecule has 0 spiro atoms. The molecule has 0 radical (unpaired) electrons. The van der Waals surface area contributed by atoms with Gasteiger partial charge in [-0.15, -0.1) is 22.0 Å². The highest BCUT2D eigenvalue weighted by Gasteiger charge is 2.24. The van der Waals surface area contributed by atoms with E-state index < -0.39 is 0 Å².